The van der Waals surface area contributed by atoms with E-state index in [4.69, 9.17) is 11.6 Å². The van der Waals surface area contributed by atoms with Crippen LogP contribution in [0.5, 0.6) is 0 Å². The average Bonchev–Trinajstić information content (AvgIpc) is 2.65. The lowest BCUT2D eigenvalue weighted by Gasteiger charge is -2.12. The Labute approximate surface area is 169 Å². The maximum atomic E-state index is 12.5. The highest BCUT2D eigenvalue weighted by molar-refractivity contribution is 7.93. The molecule has 2 N–H and O–H groups in total. The van der Waals surface area contributed by atoms with Crippen molar-refractivity contribution in [1.29, 1.82) is 0 Å². The summed E-state index contributed by atoms with van der Waals surface area (Å²) in [4.78, 5) is 0.207. The van der Waals surface area contributed by atoms with Crippen molar-refractivity contribution in [3.05, 3.63) is 83.4 Å². The number of nitrogens with one attached hydrogen (secondary N) is 2. The molecule has 28 heavy (non-hydrogen) atoms. The Morgan fingerprint density at radius 2 is 1.29 bits per heavy atom. The normalized spacial score (nSPS) is 11.8. The van der Waals surface area contributed by atoms with Gasteiger partial charge in [0.15, 0.2) is 0 Å². The van der Waals surface area contributed by atoms with Crippen LogP contribution in [0.2, 0.25) is 5.02 Å². The Balaban J connectivity index is 1.82. The lowest BCUT2D eigenvalue weighted by atomic mass is 10.2. The predicted molar refractivity (Wildman–Crippen MR) is 111 cm³/mol. The number of aryl methyl sites for hydroxylation is 1. The third-order valence-corrected chi connectivity index (χ3v) is 6.94. The fraction of sp³-hybridized carbons (Fsp3) is 0.0526. The highest BCUT2D eigenvalue weighted by Crippen LogP contribution is 2.29. The molecule has 0 unspecified atom stereocenters. The molecule has 0 spiro atoms. The van der Waals surface area contributed by atoms with E-state index >= 15 is 0 Å². The van der Waals surface area contributed by atoms with Gasteiger partial charge in [-0.2, -0.15) is 0 Å². The summed E-state index contributed by atoms with van der Waals surface area (Å²) in [7, 11) is -7.59. The van der Waals surface area contributed by atoms with Crippen LogP contribution in [0.4, 0.5) is 11.4 Å². The molecule has 0 aliphatic heterocycles. The van der Waals surface area contributed by atoms with E-state index in [2.05, 4.69) is 9.44 Å². The molecule has 3 aromatic rings. The molecule has 9 heteroatoms. The number of anilines is 2. The molecule has 3 rings (SSSR count). The molecule has 0 saturated heterocycles. The third-order valence-electron chi connectivity index (χ3n) is 3.85. The van der Waals surface area contributed by atoms with Crippen LogP contribution in [0, 0.1) is 6.92 Å². The number of sulfonamides is 2. The van der Waals surface area contributed by atoms with E-state index in [1.807, 2.05) is 6.92 Å². The van der Waals surface area contributed by atoms with E-state index in [1.165, 1.54) is 42.5 Å². The molecular weight excluding hydrogens is 420 g/mol. The van der Waals surface area contributed by atoms with E-state index in [0.717, 1.165) is 5.56 Å². The first kappa shape index (κ1) is 20.2. The van der Waals surface area contributed by atoms with Crippen LogP contribution in [-0.4, -0.2) is 16.8 Å². The van der Waals surface area contributed by atoms with Gasteiger partial charge in [0, 0.05) is 0 Å². The molecule has 0 aromatic heterocycles. The van der Waals surface area contributed by atoms with Crippen LogP contribution in [0.15, 0.2) is 82.6 Å². The molecular formula is C19H17ClN2O4S2. The molecule has 0 bridgehead atoms. The van der Waals surface area contributed by atoms with E-state index in [-0.39, 0.29) is 26.2 Å². The summed E-state index contributed by atoms with van der Waals surface area (Å²) in [6.45, 7) is 1.86. The van der Waals surface area contributed by atoms with Gasteiger partial charge in [0.25, 0.3) is 20.0 Å². The van der Waals surface area contributed by atoms with E-state index in [0.29, 0.717) is 0 Å². The van der Waals surface area contributed by atoms with Crippen molar-refractivity contribution in [3.63, 3.8) is 0 Å². The smallest absolute Gasteiger partial charge is 0.261 e. The Hall–Kier alpha value is -2.55. The lowest BCUT2D eigenvalue weighted by molar-refractivity contribution is 0.599. The molecule has 0 heterocycles. The second-order valence-electron chi connectivity index (χ2n) is 6.03. The molecule has 0 fully saturated rings. The van der Waals surface area contributed by atoms with Crippen LogP contribution >= 0.6 is 11.6 Å². The van der Waals surface area contributed by atoms with Gasteiger partial charge in [0.05, 0.1) is 26.2 Å². The van der Waals surface area contributed by atoms with E-state index in [9.17, 15) is 16.8 Å². The van der Waals surface area contributed by atoms with Gasteiger partial charge in [-0.25, -0.2) is 16.8 Å². The van der Waals surface area contributed by atoms with Crippen molar-refractivity contribution in [2.75, 3.05) is 9.44 Å². The molecule has 0 aliphatic rings. The van der Waals surface area contributed by atoms with Crippen LogP contribution in [0.3, 0.4) is 0 Å². The van der Waals surface area contributed by atoms with Gasteiger partial charge >= 0.3 is 0 Å². The van der Waals surface area contributed by atoms with Gasteiger partial charge in [-0.1, -0.05) is 47.5 Å². The van der Waals surface area contributed by atoms with Crippen molar-refractivity contribution in [3.8, 4) is 0 Å². The van der Waals surface area contributed by atoms with Gasteiger partial charge < -0.3 is 0 Å². The largest absolute Gasteiger partial charge is 0.280 e. The summed E-state index contributed by atoms with van der Waals surface area (Å²) in [5.41, 5.74) is 1.30. The first-order chi connectivity index (χ1) is 13.2. The van der Waals surface area contributed by atoms with Gasteiger partial charge in [-0.05, 0) is 49.4 Å². The third kappa shape index (κ3) is 4.64. The average molecular weight is 437 g/mol. The molecule has 3 aromatic carbocycles. The zero-order valence-electron chi connectivity index (χ0n) is 14.8. The van der Waals surface area contributed by atoms with E-state index in [1.54, 1.807) is 30.3 Å². The molecule has 0 amide bonds. The van der Waals surface area contributed by atoms with Crippen molar-refractivity contribution >= 4 is 43.0 Å². The highest BCUT2D eigenvalue weighted by atomic mass is 35.5. The number of rotatable bonds is 6. The number of benzene rings is 3. The Bertz CT molecular complexity index is 1190. The topological polar surface area (TPSA) is 92.3 Å². The van der Waals surface area contributed by atoms with Crippen LogP contribution in [-0.2, 0) is 20.0 Å². The molecule has 0 saturated carbocycles. The summed E-state index contributed by atoms with van der Waals surface area (Å²) in [6.07, 6.45) is 0. The van der Waals surface area contributed by atoms with Gasteiger partial charge in [0.1, 0.15) is 0 Å². The predicted octanol–water partition coefficient (Wildman–Crippen LogP) is 4.25. The Morgan fingerprint density at radius 3 is 1.89 bits per heavy atom. The zero-order valence-corrected chi connectivity index (χ0v) is 17.1. The molecule has 0 radical (unpaired) electrons. The first-order valence-electron chi connectivity index (χ1n) is 8.14. The minimum atomic E-state index is -3.82. The van der Waals surface area contributed by atoms with Gasteiger partial charge in [-0.15, -0.1) is 0 Å². The van der Waals surface area contributed by atoms with Crippen molar-refractivity contribution in [2.24, 2.45) is 0 Å². The summed E-state index contributed by atoms with van der Waals surface area (Å²) in [5.74, 6) is 0. The molecule has 0 atom stereocenters. The first-order valence-corrected chi connectivity index (χ1v) is 11.5. The monoisotopic (exact) mass is 436 g/mol. The standard InChI is InChI=1S/C19H17ClN2O4S2/c1-14-7-10-17(11-8-14)28(25,26)22-19-12-9-15(13-18(19)20)21-27(23,24)16-5-3-2-4-6-16/h2-13,21-22H,1H3. The number of hydrogen-bond acceptors (Lipinski definition) is 4. The second kappa shape index (κ2) is 7.83. The van der Waals surface area contributed by atoms with Crippen molar-refractivity contribution in [1.82, 2.24) is 0 Å². The highest BCUT2D eigenvalue weighted by Gasteiger charge is 2.17. The van der Waals surface area contributed by atoms with Crippen LogP contribution in [0.25, 0.3) is 0 Å². The summed E-state index contributed by atoms with van der Waals surface area (Å²) >= 11 is 6.16. The fourth-order valence-electron chi connectivity index (χ4n) is 2.40. The minimum Gasteiger partial charge on any atom is -0.280 e. The summed E-state index contributed by atoms with van der Waals surface area (Å²) in [5, 5.41) is 0.0592. The number of hydrogen-bond donors (Lipinski definition) is 2. The zero-order chi connectivity index (χ0) is 20.4. The van der Waals surface area contributed by atoms with Crippen molar-refractivity contribution in [2.45, 2.75) is 16.7 Å². The maximum Gasteiger partial charge on any atom is 0.261 e. The Morgan fingerprint density at radius 1 is 0.714 bits per heavy atom. The summed E-state index contributed by atoms with van der Waals surface area (Å²) in [6, 6.07) is 18.4. The van der Waals surface area contributed by atoms with Crippen LogP contribution in [0.1, 0.15) is 5.56 Å². The van der Waals surface area contributed by atoms with Gasteiger partial charge in [-0.3, -0.25) is 9.44 Å². The van der Waals surface area contributed by atoms with E-state index < -0.39 is 20.0 Å². The maximum absolute atomic E-state index is 12.5. The lowest BCUT2D eigenvalue weighted by Crippen LogP contribution is -2.14. The molecule has 0 aliphatic carbocycles. The van der Waals surface area contributed by atoms with Crippen LogP contribution < -0.4 is 9.44 Å². The van der Waals surface area contributed by atoms with Crippen molar-refractivity contribution < 1.29 is 16.8 Å². The SMILES string of the molecule is Cc1ccc(S(=O)(=O)Nc2ccc(NS(=O)(=O)c3ccccc3)cc2Cl)cc1. The Kier molecular flexibility index (Phi) is 5.64. The van der Waals surface area contributed by atoms with Gasteiger partial charge in [0.2, 0.25) is 0 Å². The summed E-state index contributed by atoms with van der Waals surface area (Å²) < 4.78 is 54.5. The molecule has 146 valence electrons. The minimum absolute atomic E-state index is 0.0592. The fourth-order valence-corrected chi connectivity index (χ4v) is 4.83. The number of halogens is 1. The molecule has 6 nitrogen and oxygen atoms in total. The quantitative estimate of drug-likeness (QED) is 0.604. The second-order valence-corrected chi connectivity index (χ2v) is 9.80.